The van der Waals surface area contributed by atoms with E-state index in [1.165, 1.54) is 7.11 Å². The average molecular weight is 265 g/mol. The fourth-order valence-corrected chi connectivity index (χ4v) is 1.77. The number of rotatable bonds is 7. The monoisotopic (exact) mass is 265 g/mol. The Bertz CT molecular complexity index is 419. The molecule has 0 spiro atoms. The molecule has 0 heterocycles. The van der Waals surface area contributed by atoms with E-state index in [1.54, 1.807) is 0 Å². The molecule has 0 radical (unpaired) electrons. The summed E-state index contributed by atoms with van der Waals surface area (Å²) in [6, 6.07) is 8.54. The van der Waals surface area contributed by atoms with E-state index in [0.29, 0.717) is 6.42 Å². The number of esters is 1. The summed E-state index contributed by atoms with van der Waals surface area (Å²) in [7, 11) is 1.34. The Morgan fingerprint density at radius 2 is 1.95 bits per heavy atom. The highest BCUT2D eigenvalue weighted by atomic mass is 16.5. The Labute approximate surface area is 112 Å². The minimum atomic E-state index is -0.844. The quantitative estimate of drug-likeness (QED) is 0.734. The lowest BCUT2D eigenvalue weighted by atomic mass is 10.0. The molecule has 5 heteroatoms. The first-order valence-corrected chi connectivity index (χ1v) is 6.15. The van der Waals surface area contributed by atoms with Crippen molar-refractivity contribution >= 4 is 11.9 Å². The number of benzene rings is 1. The lowest BCUT2D eigenvalue weighted by molar-refractivity contribution is -0.143. The summed E-state index contributed by atoms with van der Waals surface area (Å²) in [5.74, 6) is -1.23. The fourth-order valence-electron chi connectivity index (χ4n) is 1.77. The van der Waals surface area contributed by atoms with Gasteiger partial charge in [-0.2, -0.15) is 0 Å². The van der Waals surface area contributed by atoms with Crippen LogP contribution in [0.5, 0.6) is 0 Å². The summed E-state index contributed by atoms with van der Waals surface area (Å²) < 4.78 is 4.78. The second kappa shape index (κ2) is 7.53. The van der Waals surface area contributed by atoms with Gasteiger partial charge in [0.05, 0.1) is 7.11 Å². The van der Waals surface area contributed by atoms with Crippen molar-refractivity contribution < 1.29 is 19.4 Å². The Kier molecular flexibility index (Phi) is 6.02. The van der Waals surface area contributed by atoms with Gasteiger partial charge in [-0.25, -0.2) is 4.79 Å². The van der Waals surface area contributed by atoms with Gasteiger partial charge in [0.15, 0.2) is 0 Å². The molecule has 0 amide bonds. The van der Waals surface area contributed by atoms with Gasteiger partial charge in [0.2, 0.25) is 0 Å². The first-order valence-electron chi connectivity index (χ1n) is 6.15. The lowest BCUT2D eigenvalue weighted by Gasteiger charge is -2.21. The Morgan fingerprint density at radius 3 is 2.47 bits per heavy atom. The molecule has 0 saturated heterocycles. The van der Waals surface area contributed by atoms with Gasteiger partial charge in [-0.05, 0) is 18.9 Å². The maximum absolute atomic E-state index is 11.8. The Hall–Kier alpha value is -1.88. The summed E-state index contributed by atoms with van der Waals surface area (Å²) in [6.45, 7) is 1.85. The van der Waals surface area contributed by atoms with E-state index in [2.05, 4.69) is 5.32 Å². The van der Waals surface area contributed by atoms with Crippen molar-refractivity contribution in [3.05, 3.63) is 35.9 Å². The number of ether oxygens (including phenoxy) is 1. The third kappa shape index (κ3) is 5.09. The molecule has 2 unspecified atom stereocenters. The maximum atomic E-state index is 11.8. The molecule has 1 rings (SSSR count). The van der Waals surface area contributed by atoms with Crippen LogP contribution >= 0.6 is 0 Å². The van der Waals surface area contributed by atoms with Crippen LogP contribution in [0.4, 0.5) is 0 Å². The SMILES string of the molecule is COC(=O)C(NC(C)CCC(=O)O)c1ccccc1. The minimum absolute atomic E-state index is 0.0663. The van der Waals surface area contributed by atoms with Crippen LogP contribution in [0.25, 0.3) is 0 Å². The maximum Gasteiger partial charge on any atom is 0.327 e. The number of carbonyl (C=O) groups is 2. The molecular weight excluding hydrogens is 246 g/mol. The molecule has 0 aliphatic rings. The van der Waals surface area contributed by atoms with Gasteiger partial charge in [0.25, 0.3) is 0 Å². The van der Waals surface area contributed by atoms with Gasteiger partial charge in [0, 0.05) is 12.5 Å². The van der Waals surface area contributed by atoms with Crippen LogP contribution in [0.2, 0.25) is 0 Å². The van der Waals surface area contributed by atoms with E-state index in [4.69, 9.17) is 9.84 Å². The smallest absolute Gasteiger partial charge is 0.327 e. The number of carbonyl (C=O) groups excluding carboxylic acids is 1. The van der Waals surface area contributed by atoms with Crippen LogP contribution in [-0.4, -0.2) is 30.2 Å². The topological polar surface area (TPSA) is 75.6 Å². The second-order valence-electron chi connectivity index (χ2n) is 4.37. The van der Waals surface area contributed by atoms with Crippen LogP contribution in [0.1, 0.15) is 31.4 Å². The first kappa shape index (κ1) is 15.2. The molecule has 0 aliphatic heterocycles. The number of carboxylic acids is 1. The number of nitrogens with one attached hydrogen (secondary N) is 1. The van der Waals surface area contributed by atoms with Crippen molar-refractivity contribution in [3.63, 3.8) is 0 Å². The molecule has 0 fully saturated rings. The van der Waals surface area contributed by atoms with E-state index in [1.807, 2.05) is 37.3 Å². The van der Waals surface area contributed by atoms with Crippen LogP contribution < -0.4 is 5.32 Å². The first-order chi connectivity index (χ1) is 9.04. The molecule has 2 atom stereocenters. The Balaban J connectivity index is 2.71. The largest absolute Gasteiger partial charge is 0.481 e. The summed E-state index contributed by atoms with van der Waals surface area (Å²) in [5, 5.41) is 11.8. The summed E-state index contributed by atoms with van der Waals surface area (Å²) >= 11 is 0. The van der Waals surface area contributed by atoms with Crippen molar-refractivity contribution in [1.29, 1.82) is 0 Å². The molecule has 1 aromatic rings. The van der Waals surface area contributed by atoms with Gasteiger partial charge < -0.3 is 9.84 Å². The second-order valence-corrected chi connectivity index (χ2v) is 4.37. The molecule has 0 saturated carbocycles. The molecule has 104 valence electrons. The van der Waals surface area contributed by atoms with E-state index >= 15 is 0 Å². The van der Waals surface area contributed by atoms with Crippen LogP contribution in [-0.2, 0) is 14.3 Å². The summed E-state index contributed by atoms with van der Waals surface area (Å²) in [4.78, 5) is 22.3. The number of methoxy groups -OCH3 is 1. The summed E-state index contributed by atoms with van der Waals surface area (Å²) in [6.07, 6.45) is 0.520. The molecular formula is C14H19NO4. The normalized spacial score (nSPS) is 13.6. The van der Waals surface area contributed by atoms with Crippen molar-refractivity contribution in [1.82, 2.24) is 5.32 Å². The van der Waals surface area contributed by atoms with Crippen LogP contribution in [0.3, 0.4) is 0 Å². The zero-order valence-corrected chi connectivity index (χ0v) is 11.1. The Morgan fingerprint density at radius 1 is 1.32 bits per heavy atom. The van der Waals surface area contributed by atoms with Gasteiger partial charge in [-0.1, -0.05) is 30.3 Å². The average Bonchev–Trinajstić information content (AvgIpc) is 2.42. The fraction of sp³-hybridized carbons (Fsp3) is 0.429. The predicted molar refractivity (Wildman–Crippen MR) is 70.7 cm³/mol. The van der Waals surface area contributed by atoms with Crippen LogP contribution in [0.15, 0.2) is 30.3 Å². The molecule has 5 nitrogen and oxygen atoms in total. The van der Waals surface area contributed by atoms with Gasteiger partial charge in [0.1, 0.15) is 6.04 Å². The zero-order valence-electron chi connectivity index (χ0n) is 11.1. The van der Waals surface area contributed by atoms with E-state index < -0.39 is 12.0 Å². The number of aliphatic carboxylic acids is 1. The lowest BCUT2D eigenvalue weighted by Crippen LogP contribution is -2.36. The molecule has 19 heavy (non-hydrogen) atoms. The molecule has 0 aliphatic carbocycles. The highest BCUT2D eigenvalue weighted by Gasteiger charge is 2.22. The minimum Gasteiger partial charge on any atom is -0.481 e. The van der Waals surface area contributed by atoms with Crippen molar-refractivity contribution in [3.8, 4) is 0 Å². The van der Waals surface area contributed by atoms with E-state index in [0.717, 1.165) is 5.56 Å². The number of hydrogen-bond acceptors (Lipinski definition) is 4. The number of hydrogen-bond donors (Lipinski definition) is 2. The highest BCUT2D eigenvalue weighted by Crippen LogP contribution is 2.16. The van der Waals surface area contributed by atoms with Crippen molar-refractivity contribution in [2.24, 2.45) is 0 Å². The zero-order chi connectivity index (χ0) is 14.3. The van der Waals surface area contributed by atoms with Gasteiger partial charge in [-0.15, -0.1) is 0 Å². The standard InChI is InChI=1S/C14H19NO4/c1-10(8-9-12(16)17)15-13(14(18)19-2)11-6-4-3-5-7-11/h3-7,10,13,15H,8-9H2,1-2H3,(H,16,17). The van der Waals surface area contributed by atoms with E-state index in [9.17, 15) is 9.59 Å². The van der Waals surface area contributed by atoms with Crippen molar-refractivity contribution in [2.45, 2.75) is 31.8 Å². The molecule has 0 bridgehead atoms. The van der Waals surface area contributed by atoms with Gasteiger partial charge >= 0.3 is 11.9 Å². The summed E-state index contributed by atoms with van der Waals surface area (Å²) in [5.41, 5.74) is 0.802. The third-order valence-electron chi connectivity index (χ3n) is 2.81. The molecule has 2 N–H and O–H groups in total. The third-order valence-corrected chi connectivity index (χ3v) is 2.81. The highest BCUT2D eigenvalue weighted by molar-refractivity contribution is 5.77. The van der Waals surface area contributed by atoms with Crippen molar-refractivity contribution in [2.75, 3.05) is 7.11 Å². The van der Waals surface area contributed by atoms with E-state index in [-0.39, 0.29) is 18.4 Å². The molecule has 0 aromatic heterocycles. The van der Waals surface area contributed by atoms with Gasteiger partial charge in [-0.3, -0.25) is 10.1 Å². The number of carboxylic acid groups (broad SMARTS) is 1. The predicted octanol–water partition coefficient (Wildman–Crippen LogP) is 1.74. The van der Waals surface area contributed by atoms with Crippen LogP contribution in [0, 0.1) is 0 Å². The molecule has 1 aromatic carbocycles.